The third-order valence-corrected chi connectivity index (χ3v) is 2.92. The highest BCUT2D eigenvalue weighted by molar-refractivity contribution is 6.08. The van der Waals surface area contributed by atoms with Gasteiger partial charge in [-0.2, -0.15) is 5.10 Å². The van der Waals surface area contributed by atoms with Gasteiger partial charge in [-0.1, -0.05) is 17.7 Å². The Labute approximate surface area is 106 Å². The Morgan fingerprint density at radius 3 is 2.67 bits per heavy atom. The molecule has 0 fully saturated rings. The first kappa shape index (κ1) is 12.2. The van der Waals surface area contributed by atoms with E-state index in [1.165, 1.54) is 11.8 Å². The Morgan fingerprint density at radius 2 is 2.11 bits per heavy atom. The molecule has 1 heterocycles. The van der Waals surface area contributed by atoms with Crippen molar-refractivity contribution in [2.75, 3.05) is 17.7 Å². The minimum atomic E-state index is -0.173. The van der Waals surface area contributed by atoms with E-state index in [0.29, 0.717) is 5.56 Å². The van der Waals surface area contributed by atoms with Gasteiger partial charge >= 0.3 is 0 Å². The SMILES string of the molecule is Cc1ccc(N(C)C(=O)c2cn[nH]c2N)c(C)c1. The predicted octanol–water partition coefficient (Wildman–Crippen LogP) is 1.89. The number of aromatic nitrogens is 2. The number of rotatable bonds is 2. The topological polar surface area (TPSA) is 75.0 Å². The molecule has 0 spiro atoms. The molecule has 0 aliphatic heterocycles. The van der Waals surface area contributed by atoms with Crippen LogP contribution in [-0.2, 0) is 0 Å². The monoisotopic (exact) mass is 244 g/mol. The van der Waals surface area contributed by atoms with Crippen molar-refractivity contribution in [1.29, 1.82) is 0 Å². The van der Waals surface area contributed by atoms with Crippen LogP contribution in [0, 0.1) is 13.8 Å². The van der Waals surface area contributed by atoms with Crippen molar-refractivity contribution in [3.8, 4) is 0 Å². The van der Waals surface area contributed by atoms with Crippen LogP contribution < -0.4 is 10.6 Å². The molecular weight excluding hydrogens is 228 g/mol. The van der Waals surface area contributed by atoms with Gasteiger partial charge in [0.1, 0.15) is 11.4 Å². The van der Waals surface area contributed by atoms with Gasteiger partial charge in [0.05, 0.1) is 6.20 Å². The Kier molecular flexibility index (Phi) is 3.06. The average molecular weight is 244 g/mol. The lowest BCUT2D eigenvalue weighted by atomic mass is 10.1. The number of aryl methyl sites for hydroxylation is 2. The maximum atomic E-state index is 12.3. The van der Waals surface area contributed by atoms with Crippen LogP contribution in [0.4, 0.5) is 11.5 Å². The summed E-state index contributed by atoms with van der Waals surface area (Å²) in [5, 5.41) is 6.32. The maximum absolute atomic E-state index is 12.3. The molecule has 3 N–H and O–H groups in total. The van der Waals surface area contributed by atoms with E-state index in [1.807, 2.05) is 32.0 Å². The quantitative estimate of drug-likeness (QED) is 0.847. The zero-order valence-corrected chi connectivity index (χ0v) is 10.7. The summed E-state index contributed by atoms with van der Waals surface area (Å²) in [6, 6.07) is 5.95. The molecule has 1 amide bonds. The molecule has 0 saturated heterocycles. The third kappa shape index (κ3) is 2.07. The van der Waals surface area contributed by atoms with Gasteiger partial charge in [-0.3, -0.25) is 9.89 Å². The summed E-state index contributed by atoms with van der Waals surface area (Å²) in [6.07, 6.45) is 1.44. The highest BCUT2D eigenvalue weighted by atomic mass is 16.2. The number of benzene rings is 1. The lowest BCUT2D eigenvalue weighted by Crippen LogP contribution is -2.27. The fourth-order valence-corrected chi connectivity index (χ4v) is 1.94. The van der Waals surface area contributed by atoms with Crippen molar-refractivity contribution < 1.29 is 4.79 Å². The standard InChI is InChI=1S/C13H16N4O/c1-8-4-5-11(9(2)6-8)17(3)13(18)10-7-15-16-12(10)14/h4-7H,1-3H3,(H3,14,15,16). The van der Waals surface area contributed by atoms with Crippen LogP contribution in [0.15, 0.2) is 24.4 Å². The lowest BCUT2D eigenvalue weighted by molar-refractivity contribution is 0.0994. The molecule has 0 aliphatic rings. The van der Waals surface area contributed by atoms with Gasteiger partial charge in [0, 0.05) is 12.7 Å². The molecule has 0 aliphatic carbocycles. The first-order valence-electron chi connectivity index (χ1n) is 5.65. The molecule has 2 rings (SSSR count). The van der Waals surface area contributed by atoms with Crippen LogP contribution in [-0.4, -0.2) is 23.2 Å². The number of hydrogen-bond donors (Lipinski definition) is 2. The van der Waals surface area contributed by atoms with Crippen molar-refractivity contribution in [3.05, 3.63) is 41.1 Å². The van der Waals surface area contributed by atoms with Crippen LogP contribution in [0.25, 0.3) is 0 Å². The van der Waals surface area contributed by atoms with E-state index in [9.17, 15) is 4.79 Å². The number of carbonyl (C=O) groups is 1. The summed E-state index contributed by atoms with van der Waals surface area (Å²) in [6.45, 7) is 4.00. The fraction of sp³-hybridized carbons (Fsp3) is 0.231. The smallest absolute Gasteiger partial charge is 0.263 e. The molecule has 2 aromatic rings. The van der Waals surface area contributed by atoms with Crippen molar-refractivity contribution in [2.45, 2.75) is 13.8 Å². The largest absolute Gasteiger partial charge is 0.383 e. The van der Waals surface area contributed by atoms with Gasteiger partial charge in [0.2, 0.25) is 0 Å². The number of nitrogens with one attached hydrogen (secondary N) is 1. The molecule has 5 heteroatoms. The van der Waals surface area contributed by atoms with E-state index in [0.717, 1.165) is 11.3 Å². The normalized spacial score (nSPS) is 10.4. The van der Waals surface area contributed by atoms with Crippen molar-refractivity contribution in [1.82, 2.24) is 10.2 Å². The Hall–Kier alpha value is -2.30. The second-order valence-corrected chi connectivity index (χ2v) is 4.35. The second-order valence-electron chi connectivity index (χ2n) is 4.35. The van der Waals surface area contributed by atoms with Gasteiger partial charge in [0.15, 0.2) is 0 Å². The second kappa shape index (κ2) is 4.52. The van der Waals surface area contributed by atoms with E-state index in [1.54, 1.807) is 11.9 Å². The number of anilines is 2. The maximum Gasteiger partial charge on any atom is 0.263 e. The van der Waals surface area contributed by atoms with Crippen LogP contribution in [0.2, 0.25) is 0 Å². The van der Waals surface area contributed by atoms with Gasteiger partial charge in [-0.15, -0.1) is 0 Å². The van der Waals surface area contributed by atoms with Crippen LogP contribution in [0.5, 0.6) is 0 Å². The van der Waals surface area contributed by atoms with Crippen LogP contribution >= 0.6 is 0 Å². The van der Waals surface area contributed by atoms with E-state index >= 15 is 0 Å². The van der Waals surface area contributed by atoms with Crippen LogP contribution in [0.1, 0.15) is 21.5 Å². The highest BCUT2D eigenvalue weighted by Gasteiger charge is 2.18. The molecule has 0 unspecified atom stereocenters. The summed E-state index contributed by atoms with van der Waals surface area (Å²) in [7, 11) is 1.73. The number of amides is 1. The molecule has 0 atom stereocenters. The van der Waals surface area contributed by atoms with E-state index < -0.39 is 0 Å². The van der Waals surface area contributed by atoms with Gasteiger partial charge in [-0.25, -0.2) is 0 Å². The lowest BCUT2D eigenvalue weighted by Gasteiger charge is -2.19. The van der Waals surface area contributed by atoms with Crippen molar-refractivity contribution in [2.24, 2.45) is 0 Å². The van der Waals surface area contributed by atoms with E-state index in [4.69, 9.17) is 5.73 Å². The zero-order chi connectivity index (χ0) is 13.3. The Balaban J connectivity index is 2.34. The fourth-order valence-electron chi connectivity index (χ4n) is 1.94. The average Bonchev–Trinajstić information content (AvgIpc) is 2.74. The molecule has 1 aromatic carbocycles. The first-order valence-corrected chi connectivity index (χ1v) is 5.65. The van der Waals surface area contributed by atoms with E-state index in [-0.39, 0.29) is 11.7 Å². The minimum absolute atomic E-state index is 0.173. The molecular formula is C13H16N4O. The number of nitrogens with two attached hydrogens (primary N) is 1. The summed E-state index contributed by atoms with van der Waals surface area (Å²) in [4.78, 5) is 13.8. The third-order valence-electron chi connectivity index (χ3n) is 2.92. The molecule has 0 saturated carbocycles. The Morgan fingerprint density at radius 1 is 1.39 bits per heavy atom. The van der Waals surface area contributed by atoms with Gasteiger partial charge < -0.3 is 10.6 Å². The number of hydrogen-bond acceptors (Lipinski definition) is 3. The van der Waals surface area contributed by atoms with Gasteiger partial charge in [-0.05, 0) is 25.5 Å². The molecule has 1 aromatic heterocycles. The molecule has 94 valence electrons. The number of aromatic amines is 1. The van der Waals surface area contributed by atoms with E-state index in [2.05, 4.69) is 10.2 Å². The summed E-state index contributed by atoms with van der Waals surface area (Å²) in [5.74, 6) is 0.116. The summed E-state index contributed by atoms with van der Waals surface area (Å²) >= 11 is 0. The van der Waals surface area contributed by atoms with Gasteiger partial charge in [0.25, 0.3) is 5.91 Å². The summed E-state index contributed by atoms with van der Waals surface area (Å²) in [5.41, 5.74) is 9.12. The highest BCUT2D eigenvalue weighted by Crippen LogP contribution is 2.22. The number of carbonyl (C=O) groups excluding carboxylic acids is 1. The molecule has 18 heavy (non-hydrogen) atoms. The first-order chi connectivity index (χ1) is 8.50. The molecule has 0 bridgehead atoms. The zero-order valence-electron chi connectivity index (χ0n) is 10.7. The minimum Gasteiger partial charge on any atom is -0.383 e. The van der Waals surface area contributed by atoms with Crippen molar-refractivity contribution in [3.63, 3.8) is 0 Å². The number of H-pyrrole nitrogens is 1. The predicted molar refractivity (Wildman–Crippen MR) is 71.6 cm³/mol. The van der Waals surface area contributed by atoms with Crippen molar-refractivity contribution >= 4 is 17.4 Å². The molecule has 5 nitrogen and oxygen atoms in total. The number of nitrogen functional groups attached to an aromatic ring is 1. The van der Waals surface area contributed by atoms with Crippen LogP contribution in [0.3, 0.4) is 0 Å². The Bertz CT molecular complexity index is 588. The number of nitrogens with zero attached hydrogens (tertiary/aromatic N) is 2. The molecule has 0 radical (unpaired) electrons. The summed E-state index contributed by atoms with van der Waals surface area (Å²) < 4.78 is 0.